The maximum absolute atomic E-state index is 12.9. The molecule has 0 aliphatic rings. The Bertz CT molecular complexity index is 1200. The fourth-order valence-corrected chi connectivity index (χ4v) is 4.51. The van der Waals surface area contributed by atoms with Gasteiger partial charge in [0.2, 0.25) is 0 Å². The molecule has 0 bridgehead atoms. The minimum Gasteiger partial charge on any atom is -0.492 e. The van der Waals surface area contributed by atoms with Crippen LogP contribution >= 0.6 is 23.4 Å². The van der Waals surface area contributed by atoms with E-state index in [1.165, 1.54) is 36.0 Å². The van der Waals surface area contributed by atoms with Gasteiger partial charge < -0.3 is 10.1 Å². The highest BCUT2D eigenvalue weighted by Gasteiger charge is 2.19. The van der Waals surface area contributed by atoms with Crippen molar-refractivity contribution in [3.8, 4) is 5.75 Å². The number of ether oxygens (including phenoxy) is 1. The average Bonchev–Trinajstić information content (AvgIpc) is 2.74. The van der Waals surface area contributed by atoms with Gasteiger partial charge in [0, 0.05) is 21.2 Å². The molecule has 31 heavy (non-hydrogen) atoms. The summed E-state index contributed by atoms with van der Waals surface area (Å²) in [7, 11) is -3.89. The van der Waals surface area contributed by atoms with Crippen LogP contribution in [0.3, 0.4) is 0 Å². The highest BCUT2D eigenvalue weighted by atomic mass is 35.5. The first-order valence-corrected chi connectivity index (χ1v) is 12.4. The molecule has 162 valence electrons. The molecule has 0 unspecified atom stereocenters. The Morgan fingerprint density at radius 2 is 1.84 bits per heavy atom. The summed E-state index contributed by atoms with van der Waals surface area (Å²) in [5.74, 6) is -0.0696. The Morgan fingerprint density at radius 1 is 1.06 bits per heavy atom. The van der Waals surface area contributed by atoms with Crippen molar-refractivity contribution in [1.82, 2.24) is 0 Å². The number of halogens is 1. The SMILES string of the molecule is CCOc1ccc(S(=O)(=O)Nc2cccc(SC)c2)cc1NC(=O)c1cccc(Cl)c1. The number of anilines is 2. The zero-order chi connectivity index (χ0) is 22.4. The van der Waals surface area contributed by atoms with Crippen LogP contribution in [0.4, 0.5) is 11.4 Å². The molecule has 3 aromatic carbocycles. The van der Waals surface area contributed by atoms with E-state index in [0.717, 1.165) is 4.90 Å². The highest BCUT2D eigenvalue weighted by molar-refractivity contribution is 7.98. The number of rotatable bonds is 8. The maximum atomic E-state index is 12.9. The predicted molar refractivity (Wildman–Crippen MR) is 126 cm³/mol. The van der Waals surface area contributed by atoms with Crippen LogP contribution in [0.1, 0.15) is 17.3 Å². The fraction of sp³-hybridized carbons (Fsp3) is 0.136. The van der Waals surface area contributed by atoms with E-state index in [1.54, 1.807) is 43.3 Å². The lowest BCUT2D eigenvalue weighted by atomic mass is 10.2. The summed E-state index contributed by atoms with van der Waals surface area (Å²) < 4.78 is 34.0. The van der Waals surface area contributed by atoms with Gasteiger partial charge in [0.15, 0.2) is 0 Å². The lowest BCUT2D eigenvalue weighted by Gasteiger charge is -2.15. The van der Waals surface area contributed by atoms with Crippen molar-refractivity contribution in [1.29, 1.82) is 0 Å². The van der Waals surface area contributed by atoms with Crippen LogP contribution in [0.25, 0.3) is 0 Å². The van der Waals surface area contributed by atoms with E-state index < -0.39 is 15.9 Å². The van der Waals surface area contributed by atoms with Gasteiger partial charge in [-0.05, 0) is 67.8 Å². The van der Waals surface area contributed by atoms with E-state index in [-0.39, 0.29) is 10.6 Å². The first-order chi connectivity index (χ1) is 14.8. The van der Waals surface area contributed by atoms with Gasteiger partial charge in [-0.25, -0.2) is 8.42 Å². The van der Waals surface area contributed by atoms with Gasteiger partial charge in [0.05, 0.1) is 17.2 Å². The lowest BCUT2D eigenvalue weighted by molar-refractivity contribution is 0.102. The second-order valence-corrected chi connectivity index (χ2v) is 9.39. The third-order valence-corrected chi connectivity index (χ3v) is 6.56. The summed E-state index contributed by atoms with van der Waals surface area (Å²) in [4.78, 5) is 13.6. The number of nitrogens with one attached hydrogen (secondary N) is 2. The van der Waals surface area contributed by atoms with Crippen LogP contribution in [-0.4, -0.2) is 27.2 Å². The van der Waals surface area contributed by atoms with Crippen LogP contribution in [0.2, 0.25) is 5.02 Å². The lowest BCUT2D eigenvalue weighted by Crippen LogP contribution is -2.16. The first kappa shape index (κ1) is 23.0. The van der Waals surface area contributed by atoms with Gasteiger partial charge in [0.1, 0.15) is 5.75 Å². The Hall–Kier alpha value is -2.68. The van der Waals surface area contributed by atoms with Gasteiger partial charge in [-0.3, -0.25) is 9.52 Å². The summed E-state index contributed by atoms with van der Waals surface area (Å²) in [6.45, 7) is 2.15. The molecule has 0 radical (unpaired) electrons. The van der Waals surface area contributed by atoms with Crippen molar-refractivity contribution in [3.63, 3.8) is 0 Å². The standard InChI is InChI=1S/C22H21ClN2O4S2/c1-3-29-21-11-10-19(31(27,28)25-17-8-5-9-18(13-17)30-2)14-20(21)24-22(26)15-6-4-7-16(23)12-15/h4-14,25H,3H2,1-2H3,(H,24,26). The number of hydrogen-bond acceptors (Lipinski definition) is 5. The van der Waals surface area contributed by atoms with Crippen LogP contribution in [0, 0.1) is 0 Å². The summed E-state index contributed by atoms with van der Waals surface area (Å²) in [6.07, 6.45) is 1.91. The number of amides is 1. The Morgan fingerprint density at radius 3 is 2.55 bits per heavy atom. The monoisotopic (exact) mass is 476 g/mol. The fourth-order valence-electron chi connectivity index (χ4n) is 2.78. The molecule has 3 aromatic rings. The van der Waals surface area contributed by atoms with Gasteiger partial charge in [-0.2, -0.15) is 0 Å². The van der Waals surface area contributed by atoms with Gasteiger partial charge in [-0.15, -0.1) is 11.8 Å². The molecule has 0 fully saturated rings. The Labute approximate surface area is 191 Å². The summed E-state index contributed by atoms with van der Waals surface area (Å²) >= 11 is 7.47. The van der Waals surface area contributed by atoms with Crippen molar-refractivity contribution >= 4 is 50.7 Å². The number of sulfonamides is 1. The number of hydrogen-bond donors (Lipinski definition) is 2. The van der Waals surface area contributed by atoms with Crippen molar-refractivity contribution in [2.75, 3.05) is 22.9 Å². The van der Waals surface area contributed by atoms with Gasteiger partial charge >= 0.3 is 0 Å². The van der Waals surface area contributed by atoms with Crippen LogP contribution in [0.5, 0.6) is 5.75 Å². The molecule has 1 amide bonds. The van der Waals surface area contributed by atoms with Crippen LogP contribution in [-0.2, 0) is 10.0 Å². The molecule has 0 heterocycles. The third-order valence-electron chi connectivity index (χ3n) is 4.22. The quantitative estimate of drug-likeness (QED) is 0.418. The smallest absolute Gasteiger partial charge is 0.261 e. The second kappa shape index (κ2) is 10.1. The van der Waals surface area contributed by atoms with E-state index >= 15 is 0 Å². The number of thioether (sulfide) groups is 1. The normalized spacial score (nSPS) is 11.1. The minimum atomic E-state index is -3.89. The molecule has 0 saturated heterocycles. The highest BCUT2D eigenvalue weighted by Crippen LogP contribution is 2.30. The van der Waals surface area contributed by atoms with Crippen molar-refractivity contribution in [2.24, 2.45) is 0 Å². The molecule has 3 rings (SSSR count). The Kier molecular flexibility index (Phi) is 7.48. The van der Waals surface area contributed by atoms with E-state index in [4.69, 9.17) is 16.3 Å². The topological polar surface area (TPSA) is 84.5 Å². The zero-order valence-corrected chi connectivity index (χ0v) is 19.3. The van der Waals surface area contributed by atoms with E-state index in [0.29, 0.717) is 28.6 Å². The average molecular weight is 477 g/mol. The number of benzene rings is 3. The molecule has 0 aliphatic heterocycles. The summed E-state index contributed by atoms with van der Waals surface area (Å²) in [6, 6.07) is 17.9. The van der Waals surface area contributed by atoms with Crippen LogP contribution in [0.15, 0.2) is 76.5 Å². The molecule has 0 atom stereocenters. The molecule has 0 saturated carbocycles. The molecular weight excluding hydrogens is 456 g/mol. The largest absolute Gasteiger partial charge is 0.492 e. The van der Waals surface area contributed by atoms with E-state index in [9.17, 15) is 13.2 Å². The molecule has 9 heteroatoms. The van der Waals surface area contributed by atoms with Gasteiger partial charge in [0.25, 0.3) is 15.9 Å². The third kappa shape index (κ3) is 5.94. The first-order valence-electron chi connectivity index (χ1n) is 9.33. The van der Waals surface area contributed by atoms with Crippen LogP contribution < -0.4 is 14.8 Å². The maximum Gasteiger partial charge on any atom is 0.261 e. The van der Waals surface area contributed by atoms with E-state index in [1.807, 2.05) is 12.3 Å². The summed E-state index contributed by atoms with van der Waals surface area (Å²) in [5, 5.41) is 3.14. The molecular formula is C22H21ClN2O4S2. The molecule has 2 N–H and O–H groups in total. The summed E-state index contributed by atoms with van der Waals surface area (Å²) in [5.41, 5.74) is 1.04. The minimum absolute atomic E-state index is 0.00750. The molecule has 0 aromatic heterocycles. The van der Waals surface area contributed by atoms with Crippen molar-refractivity contribution < 1.29 is 17.9 Å². The number of carbonyl (C=O) groups is 1. The number of carbonyl (C=O) groups excluding carboxylic acids is 1. The van der Waals surface area contributed by atoms with Crippen molar-refractivity contribution in [2.45, 2.75) is 16.7 Å². The van der Waals surface area contributed by atoms with E-state index in [2.05, 4.69) is 10.0 Å². The molecule has 0 aliphatic carbocycles. The van der Waals surface area contributed by atoms with Gasteiger partial charge in [-0.1, -0.05) is 23.7 Å². The Balaban J connectivity index is 1.92. The molecule has 6 nitrogen and oxygen atoms in total. The predicted octanol–water partition coefficient (Wildman–Crippen LogP) is 5.51. The second-order valence-electron chi connectivity index (χ2n) is 6.39. The molecule has 0 spiro atoms. The van der Waals surface area contributed by atoms with Crippen molar-refractivity contribution in [3.05, 3.63) is 77.3 Å². The zero-order valence-electron chi connectivity index (χ0n) is 16.9.